The smallest absolute Gasteiger partial charge is 0.130 e. The molecular formula is C10H9IOS. The SMILES string of the molecule is CCc1csc2cc(O)c(I)cc12. The van der Waals surface area contributed by atoms with E-state index in [2.05, 4.69) is 41.0 Å². The van der Waals surface area contributed by atoms with E-state index in [-0.39, 0.29) is 0 Å². The van der Waals surface area contributed by atoms with Gasteiger partial charge < -0.3 is 5.11 Å². The fraction of sp³-hybridized carbons (Fsp3) is 0.200. The Balaban J connectivity index is 2.77. The lowest BCUT2D eigenvalue weighted by molar-refractivity contribution is 0.472. The van der Waals surface area contributed by atoms with E-state index < -0.39 is 0 Å². The van der Waals surface area contributed by atoms with E-state index >= 15 is 0 Å². The first kappa shape index (κ1) is 9.27. The van der Waals surface area contributed by atoms with Crippen molar-refractivity contribution in [2.24, 2.45) is 0 Å². The summed E-state index contributed by atoms with van der Waals surface area (Å²) in [6, 6.07) is 3.90. The molecule has 0 fully saturated rings. The zero-order valence-corrected chi connectivity index (χ0v) is 10.1. The molecule has 0 unspecified atom stereocenters. The summed E-state index contributed by atoms with van der Waals surface area (Å²) in [6.07, 6.45) is 1.06. The zero-order chi connectivity index (χ0) is 9.42. The largest absolute Gasteiger partial charge is 0.507 e. The molecule has 0 saturated carbocycles. The highest BCUT2D eigenvalue weighted by Gasteiger charge is 2.05. The standard InChI is InChI=1S/C10H9IOS/c1-2-6-5-13-10-4-9(12)8(11)3-7(6)10/h3-5,12H,2H2,1H3. The second kappa shape index (κ2) is 3.46. The van der Waals surface area contributed by atoms with Crippen LogP contribution in [0.4, 0.5) is 0 Å². The lowest BCUT2D eigenvalue weighted by Gasteiger charge is -1.98. The van der Waals surface area contributed by atoms with Gasteiger partial charge in [-0.15, -0.1) is 11.3 Å². The predicted octanol–water partition coefficient (Wildman–Crippen LogP) is 3.77. The summed E-state index contributed by atoms with van der Waals surface area (Å²) < 4.78 is 2.10. The number of rotatable bonds is 1. The van der Waals surface area contributed by atoms with Gasteiger partial charge in [-0.25, -0.2) is 0 Å². The summed E-state index contributed by atoms with van der Waals surface area (Å²) >= 11 is 3.86. The first-order valence-electron chi connectivity index (χ1n) is 4.11. The number of phenols is 1. The molecule has 1 N–H and O–H groups in total. The van der Waals surface area contributed by atoms with E-state index in [0.29, 0.717) is 5.75 Å². The molecule has 0 spiro atoms. The van der Waals surface area contributed by atoms with Crippen LogP contribution in [-0.2, 0) is 6.42 Å². The van der Waals surface area contributed by atoms with Crippen LogP contribution in [0.3, 0.4) is 0 Å². The van der Waals surface area contributed by atoms with Crippen LogP contribution in [0, 0.1) is 3.57 Å². The van der Waals surface area contributed by atoms with Gasteiger partial charge in [0.15, 0.2) is 0 Å². The average molecular weight is 304 g/mol. The van der Waals surface area contributed by atoms with Crippen molar-refractivity contribution >= 4 is 44.0 Å². The number of phenolic OH excluding ortho intramolecular Hbond substituents is 1. The minimum Gasteiger partial charge on any atom is -0.507 e. The number of fused-ring (bicyclic) bond motifs is 1. The topological polar surface area (TPSA) is 20.2 Å². The van der Waals surface area contributed by atoms with Crippen molar-refractivity contribution in [1.29, 1.82) is 0 Å². The molecule has 0 aliphatic rings. The minimum atomic E-state index is 0.387. The van der Waals surface area contributed by atoms with Crippen LogP contribution in [0.25, 0.3) is 10.1 Å². The monoisotopic (exact) mass is 304 g/mol. The predicted molar refractivity (Wildman–Crippen MR) is 65.6 cm³/mol. The highest BCUT2D eigenvalue weighted by atomic mass is 127. The Kier molecular flexibility index (Phi) is 2.47. The molecule has 1 heterocycles. The van der Waals surface area contributed by atoms with Gasteiger partial charge in [0.2, 0.25) is 0 Å². The van der Waals surface area contributed by atoms with Gasteiger partial charge in [0.1, 0.15) is 5.75 Å². The van der Waals surface area contributed by atoms with Gasteiger partial charge in [0, 0.05) is 4.70 Å². The van der Waals surface area contributed by atoms with E-state index in [4.69, 9.17) is 0 Å². The van der Waals surface area contributed by atoms with Crippen LogP contribution >= 0.6 is 33.9 Å². The van der Waals surface area contributed by atoms with E-state index in [1.54, 1.807) is 11.3 Å². The summed E-state index contributed by atoms with van der Waals surface area (Å²) in [5, 5.41) is 13.0. The molecule has 0 saturated heterocycles. The number of halogens is 1. The maximum Gasteiger partial charge on any atom is 0.130 e. The maximum absolute atomic E-state index is 9.50. The molecule has 3 heteroatoms. The number of aryl methyl sites for hydroxylation is 1. The normalized spacial score (nSPS) is 10.9. The minimum absolute atomic E-state index is 0.387. The summed E-state index contributed by atoms with van der Waals surface area (Å²) in [7, 11) is 0. The molecule has 1 nitrogen and oxygen atoms in total. The molecule has 2 aromatic rings. The lowest BCUT2D eigenvalue weighted by Crippen LogP contribution is -1.77. The quantitative estimate of drug-likeness (QED) is 0.795. The van der Waals surface area contributed by atoms with Crippen LogP contribution in [-0.4, -0.2) is 5.11 Å². The van der Waals surface area contributed by atoms with Crippen LogP contribution in [0.5, 0.6) is 5.75 Å². The molecule has 1 aromatic heterocycles. The Hall–Kier alpha value is -0.290. The number of benzene rings is 1. The van der Waals surface area contributed by atoms with Crippen LogP contribution in [0.2, 0.25) is 0 Å². The van der Waals surface area contributed by atoms with Crippen molar-refractivity contribution in [1.82, 2.24) is 0 Å². The van der Waals surface area contributed by atoms with E-state index in [1.807, 2.05) is 6.07 Å². The second-order valence-electron chi connectivity index (χ2n) is 2.91. The third-order valence-corrected chi connectivity index (χ3v) is 3.96. The van der Waals surface area contributed by atoms with Crippen LogP contribution in [0.15, 0.2) is 17.5 Å². The van der Waals surface area contributed by atoms with Crippen molar-refractivity contribution in [3.05, 3.63) is 26.6 Å². The molecule has 0 aliphatic carbocycles. The Morgan fingerprint density at radius 3 is 2.92 bits per heavy atom. The zero-order valence-electron chi connectivity index (χ0n) is 7.17. The third-order valence-electron chi connectivity index (χ3n) is 2.10. The fourth-order valence-electron chi connectivity index (χ4n) is 1.36. The molecule has 1 aromatic carbocycles. The highest BCUT2D eigenvalue weighted by Crippen LogP contribution is 2.32. The van der Waals surface area contributed by atoms with E-state index in [9.17, 15) is 5.11 Å². The van der Waals surface area contributed by atoms with E-state index in [1.165, 1.54) is 15.6 Å². The molecule has 2 rings (SSSR count). The molecule has 0 radical (unpaired) electrons. The lowest BCUT2D eigenvalue weighted by atomic mass is 10.1. The number of hydrogen-bond acceptors (Lipinski definition) is 2. The number of aromatic hydroxyl groups is 1. The first-order valence-corrected chi connectivity index (χ1v) is 6.06. The van der Waals surface area contributed by atoms with Gasteiger partial charge >= 0.3 is 0 Å². The Morgan fingerprint density at radius 1 is 1.46 bits per heavy atom. The molecule has 0 amide bonds. The Bertz CT molecular complexity index is 447. The van der Waals surface area contributed by atoms with Crippen molar-refractivity contribution in [2.45, 2.75) is 13.3 Å². The van der Waals surface area contributed by atoms with Crippen molar-refractivity contribution in [3.63, 3.8) is 0 Å². The van der Waals surface area contributed by atoms with Gasteiger partial charge in [-0.1, -0.05) is 6.92 Å². The Morgan fingerprint density at radius 2 is 2.23 bits per heavy atom. The number of thiophene rings is 1. The summed E-state index contributed by atoms with van der Waals surface area (Å²) in [6.45, 7) is 2.15. The van der Waals surface area contributed by atoms with Gasteiger partial charge in [-0.2, -0.15) is 0 Å². The molecule has 0 aliphatic heterocycles. The molecule has 13 heavy (non-hydrogen) atoms. The fourth-order valence-corrected chi connectivity index (χ4v) is 2.89. The van der Waals surface area contributed by atoms with Crippen molar-refractivity contribution in [3.8, 4) is 5.75 Å². The van der Waals surface area contributed by atoms with Crippen LogP contribution in [0.1, 0.15) is 12.5 Å². The van der Waals surface area contributed by atoms with Crippen molar-refractivity contribution < 1.29 is 5.11 Å². The van der Waals surface area contributed by atoms with Gasteiger partial charge in [-0.05, 0) is 57.5 Å². The van der Waals surface area contributed by atoms with Gasteiger partial charge in [0.25, 0.3) is 0 Å². The maximum atomic E-state index is 9.50. The van der Waals surface area contributed by atoms with Crippen LogP contribution < -0.4 is 0 Å². The Labute approximate surface area is 94.5 Å². The third kappa shape index (κ3) is 1.55. The summed E-state index contributed by atoms with van der Waals surface area (Å²) in [4.78, 5) is 0. The second-order valence-corrected chi connectivity index (χ2v) is 4.99. The molecule has 0 atom stereocenters. The van der Waals surface area contributed by atoms with Crippen molar-refractivity contribution in [2.75, 3.05) is 0 Å². The first-order chi connectivity index (χ1) is 6.22. The van der Waals surface area contributed by atoms with Gasteiger partial charge in [0.05, 0.1) is 3.57 Å². The molecule has 0 bridgehead atoms. The van der Waals surface area contributed by atoms with E-state index in [0.717, 1.165) is 9.99 Å². The molecular weight excluding hydrogens is 295 g/mol. The summed E-state index contributed by atoms with van der Waals surface area (Å²) in [5.74, 6) is 0.387. The summed E-state index contributed by atoms with van der Waals surface area (Å²) in [5.41, 5.74) is 1.37. The number of hydrogen-bond donors (Lipinski definition) is 1. The molecule has 68 valence electrons. The van der Waals surface area contributed by atoms with Gasteiger partial charge in [-0.3, -0.25) is 0 Å². The average Bonchev–Trinajstić information content (AvgIpc) is 2.48. The highest BCUT2D eigenvalue weighted by molar-refractivity contribution is 14.1.